The van der Waals surface area contributed by atoms with E-state index in [1.165, 1.54) is 29.8 Å². The van der Waals surface area contributed by atoms with E-state index in [1.807, 2.05) is 49.2 Å². The average molecular weight is 648 g/mol. The van der Waals surface area contributed by atoms with E-state index < -0.39 is 5.83 Å². The molecule has 0 saturated carbocycles. The molecule has 1 aliphatic rings. The minimum absolute atomic E-state index is 0.0615. The molecule has 1 N–H and O–H groups in total. The van der Waals surface area contributed by atoms with Gasteiger partial charge in [-0.1, -0.05) is 27.0 Å². The number of aryl methyl sites for hydroxylation is 1. The Kier molecular flexibility index (Phi) is 11.7. The standard InChI is InChI=1S/C27H21F2N7OS.C4H8O2.C2H6/c1-3-23(37)35-7-8-36-19(15-35)12-22(33-36)25-21(11-18(29)4-6-28)26-20(5-9-38-26)24(32-25)16-10-17-14-31-34(2)27(17)30-13-16;1-2-6-4-3-5;1-2/h3-6,9-14H,1,7-8,15H2,2H3;2,5H,1,3-4H2;1-2H3/b6-4+,18-11?;;. The first-order valence-electron chi connectivity index (χ1n) is 14.5. The molecule has 6 heterocycles. The third kappa shape index (κ3) is 7.27. The summed E-state index contributed by atoms with van der Waals surface area (Å²) in [7, 11) is 1.83. The number of aromatic nitrogens is 6. The Morgan fingerprint density at radius 1 is 1.20 bits per heavy atom. The predicted molar refractivity (Wildman–Crippen MR) is 178 cm³/mol. The van der Waals surface area contributed by atoms with Crippen LogP contribution in [0.15, 0.2) is 79.7 Å². The molecule has 0 atom stereocenters. The van der Waals surface area contributed by atoms with Crippen LogP contribution in [0, 0.1) is 0 Å². The first-order chi connectivity index (χ1) is 22.4. The molecule has 5 aromatic rings. The molecule has 5 aromatic heterocycles. The normalized spacial score (nSPS) is 12.7. The van der Waals surface area contributed by atoms with Crippen LogP contribution in [0.2, 0.25) is 0 Å². The van der Waals surface area contributed by atoms with Crippen molar-refractivity contribution in [1.29, 1.82) is 0 Å². The number of aliphatic hydroxyl groups excluding tert-OH is 1. The summed E-state index contributed by atoms with van der Waals surface area (Å²) in [4.78, 5) is 23.4. The fourth-order valence-corrected chi connectivity index (χ4v) is 5.76. The van der Waals surface area contributed by atoms with Crippen LogP contribution < -0.4 is 0 Å². The van der Waals surface area contributed by atoms with Gasteiger partial charge >= 0.3 is 0 Å². The number of ether oxygens (including phenoxy) is 1. The van der Waals surface area contributed by atoms with E-state index in [1.54, 1.807) is 22.0 Å². The van der Waals surface area contributed by atoms with Crippen LogP contribution in [0.3, 0.4) is 0 Å². The summed E-state index contributed by atoms with van der Waals surface area (Å²) in [6.07, 6.45) is 8.27. The van der Waals surface area contributed by atoms with Crippen LogP contribution >= 0.6 is 11.3 Å². The van der Waals surface area contributed by atoms with Crippen molar-refractivity contribution >= 4 is 44.4 Å². The van der Waals surface area contributed by atoms with Gasteiger partial charge in [-0.25, -0.2) is 18.7 Å². The van der Waals surface area contributed by atoms with Gasteiger partial charge in [0, 0.05) is 52.5 Å². The maximum Gasteiger partial charge on any atom is 0.246 e. The first kappa shape index (κ1) is 33.9. The number of hydrogen-bond donors (Lipinski definition) is 1. The zero-order valence-electron chi connectivity index (χ0n) is 25.9. The smallest absolute Gasteiger partial charge is 0.246 e. The SMILES string of the molecule is C=CC(=O)N1CCn2nc(-c3nc(-c4cnc5c(cnn5C)c4)c4ccsc4c3C=C(F)/C=C/F)cc2C1.C=COCCO.CC. The predicted octanol–water partition coefficient (Wildman–Crippen LogP) is 6.60. The number of nitrogens with zero attached hydrogens (tertiary/aromatic N) is 7. The highest BCUT2D eigenvalue weighted by Gasteiger charge is 2.24. The van der Waals surface area contributed by atoms with E-state index in [0.717, 1.165) is 38.5 Å². The maximum absolute atomic E-state index is 14.6. The Bertz CT molecular complexity index is 1910. The third-order valence-electron chi connectivity index (χ3n) is 6.85. The van der Waals surface area contributed by atoms with Crippen molar-refractivity contribution in [1.82, 2.24) is 34.4 Å². The fraction of sp³-hybridized carbons (Fsp3) is 0.242. The summed E-state index contributed by atoms with van der Waals surface area (Å²) < 4.78 is 36.2. The first-order valence-corrected chi connectivity index (χ1v) is 15.4. The van der Waals surface area contributed by atoms with Crippen LogP contribution in [-0.4, -0.2) is 65.2 Å². The number of carbonyl (C=O) groups excluding carboxylic acids is 1. The Balaban J connectivity index is 0.000000541. The zero-order chi connectivity index (χ0) is 33.2. The number of halogens is 2. The molecule has 240 valence electrons. The van der Waals surface area contributed by atoms with Crippen LogP contribution in [0.5, 0.6) is 0 Å². The second-order valence-electron chi connectivity index (χ2n) is 9.58. The number of amides is 1. The number of aliphatic hydroxyl groups is 1. The highest BCUT2D eigenvalue weighted by Crippen LogP contribution is 2.39. The van der Waals surface area contributed by atoms with Gasteiger partial charge in [-0.3, -0.25) is 14.2 Å². The molecule has 0 spiro atoms. The minimum Gasteiger partial charge on any atom is -0.499 e. The second kappa shape index (κ2) is 15.8. The van der Waals surface area contributed by atoms with Gasteiger partial charge in [0.1, 0.15) is 23.8 Å². The minimum atomic E-state index is -0.747. The number of allylic oxidation sites excluding steroid dienone is 2. The lowest BCUT2D eigenvalue weighted by Gasteiger charge is -2.26. The van der Waals surface area contributed by atoms with Gasteiger partial charge in [-0.2, -0.15) is 10.2 Å². The van der Waals surface area contributed by atoms with Crippen molar-refractivity contribution < 1.29 is 23.4 Å². The second-order valence-corrected chi connectivity index (χ2v) is 10.5. The molecule has 13 heteroatoms. The molecule has 0 aliphatic carbocycles. The van der Waals surface area contributed by atoms with Crippen molar-refractivity contribution in [3.63, 3.8) is 0 Å². The van der Waals surface area contributed by atoms with E-state index >= 15 is 0 Å². The molecule has 0 radical (unpaired) electrons. The summed E-state index contributed by atoms with van der Waals surface area (Å²) in [6, 6.07) is 5.76. The van der Waals surface area contributed by atoms with Crippen molar-refractivity contribution in [2.24, 2.45) is 7.05 Å². The quantitative estimate of drug-likeness (QED) is 0.0875. The van der Waals surface area contributed by atoms with Crippen LogP contribution in [0.25, 0.3) is 49.8 Å². The summed E-state index contributed by atoms with van der Waals surface area (Å²) >= 11 is 1.44. The van der Waals surface area contributed by atoms with Gasteiger partial charge in [-0.05, 0) is 35.7 Å². The highest BCUT2D eigenvalue weighted by molar-refractivity contribution is 7.17. The van der Waals surface area contributed by atoms with Gasteiger partial charge in [0.15, 0.2) is 5.65 Å². The van der Waals surface area contributed by atoms with Gasteiger partial charge in [0.25, 0.3) is 0 Å². The molecule has 0 unspecified atom stereocenters. The molecule has 0 saturated heterocycles. The average Bonchev–Trinajstić information content (AvgIpc) is 3.83. The third-order valence-corrected chi connectivity index (χ3v) is 7.79. The lowest BCUT2D eigenvalue weighted by atomic mass is 10.0. The summed E-state index contributed by atoms with van der Waals surface area (Å²) in [5.41, 5.74) is 4.50. The Labute approximate surface area is 269 Å². The molecule has 1 aliphatic heterocycles. The van der Waals surface area contributed by atoms with Crippen LogP contribution in [0.4, 0.5) is 8.78 Å². The molecule has 6 rings (SSSR count). The van der Waals surface area contributed by atoms with Gasteiger partial charge in [0.05, 0.1) is 49.9 Å². The molecule has 1 amide bonds. The van der Waals surface area contributed by atoms with Crippen molar-refractivity contribution in [2.75, 3.05) is 19.8 Å². The van der Waals surface area contributed by atoms with Crippen LogP contribution in [-0.2, 0) is 29.7 Å². The topological polar surface area (TPSA) is 111 Å². The van der Waals surface area contributed by atoms with Crippen molar-refractivity contribution in [3.8, 4) is 22.6 Å². The van der Waals surface area contributed by atoms with Crippen molar-refractivity contribution in [2.45, 2.75) is 26.9 Å². The monoisotopic (exact) mass is 647 g/mol. The molecule has 0 fully saturated rings. The summed E-state index contributed by atoms with van der Waals surface area (Å²) in [5.74, 6) is -0.899. The molecule has 0 bridgehead atoms. The molecular weight excluding hydrogens is 612 g/mol. The zero-order valence-corrected chi connectivity index (χ0v) is 26.7. The Morgan fingerprint density at radius 3 is 2.70 bits per heavy atom. The number of pyridine rings is 2. The number of hydrogen-bond acceptors (Lipinski definition) is 8. The van der Waals surface area contributed by atoms with E-state index in [4.69, 9.17) is 15.2 Å². The van der Waals surface area contributed by atoms with Crippen molar-refractivity contribution in [3.05, 3.63) is 91.0 Å². The molecule has 0 aromatic carbocycles. The number of thiophene rings is 1. The number of fused-ring (bicyclic) bond motifs is 3. The molecular formula is C33H35F2N7O3S. The summed E-state index contributed by atoms with van der Waals surface area (Å²) in [6.45, 7) is 12.6. The van der Waals surface area contributed by atoms with Gasteiger partial charge < -0.3 is 14.7 Å². The lowest BCUT2D eigenvalue weighted by Crippen LogP contribution is -2.37. The fourth-order valence-electron chi connectivity index (χ4n) is 4.85. The Hall–Kier alpha value is -5.01. The highest BCUT2D eigenvalue weighted by atomic mass is 32.1. The van der Waals surface area contributed by atoms with Gasteiger partial charge in [-0.15, -0.1) is 11.3 Å². The lowest BCUT2D eigenvalue weighted by molar-refractivity contribution is -0.127. The molecule has 10 nitrogen and oxygen atoms in total. The Morgan fingerprint density at radius 2 is 2.00 bits per heavy atom. The van der Waals surface area contributed by atoms with Gasteiger partial charge in [0.2, 0.25) is 5.91 Å². The number of rotatable bonds is 8. The van der Waals surface area contributed by atoms with E-state index in [2.05, 4.69) is 28.0 Å². The molecule has 46 heavy (non-hydrogen) atoms. The van der Waals surface area contributed by atoms with E-state index in [-0.39, 0.29) is 18.8 Å². The largest absolute Gasteiger partial charge is 0.499 e. The maximum atomic E-state index is 14.6. The van der Waals surface area contributed by atoms with E-state index in [9.17, 15) is 13.6 Å². The summed E-state index contributed by atoms with van der Waals surface area (Å²) in [5, 5.41) is 20.7. The van der Waals surface area contributed by atoms with Crippen LogP contribution in [0.1, 0.15) is 25.1 Å². The van der Waals surface area contributed by atoms with E-state index in [0.29, 0.717) is 48.9 Å². The number of carbonyl (C=O) groups is 1.